The SMILES string of the molecule is C.c1c[nH]cn1. The van der Waals surface area contributed by atoms with Crippen molar-refractivity contribution >= 4 is 0 Å². The summed E-state index contributed by atoms with van der Waals surface area (Å²) in [7, 11) is 0. The molecule has 0 aliphatic rings. The van der Waals surface area contributed by atoms with Gasteiger partial charge in [-0.2, -0.15) is 0 Å². The molecule has 0 fully saturated rings. The summed E-state index contributed by atoms with van der Waals surface area (Å²) in [5.41, 5.74) is 0. The van der Waals surface area contributed by atoms with Gasteiger partial charge in [-0.15, -0.1) is 0 Å². The Labute approximate surface area is 37.2 Å². The molecule has 2 nitrogen and oxygen atoms in total. The second-order valence-electron chi connectivity index (χ2n) is 0.761. The number of hydrogen-bond donors (Lipinski definition) is 1. The monoisotopic (exact) mass is 84.1 g/mol. The smallest absolute Gasteiger partial charge is 0.0919 e. The third kappa shape index (κ3) is 0.885. The Kier molecular flexibility index (Phi) is 2.13. The van der Waals surface area contributed by atoms with Crippen molar-refractivity contribution in [3.05, 3.63) is 18.7 Å². The molecule has 0 aliphatic heterocycles. The lowest BCUT2D eigenvalue weighted by molar-refractivity contribution is 1.31. The van der Waals surface area contributed by atoms with Crippen LogP contribution in [0.2, 0.25) is 0 Å². The molecule has 0 atom stereocenters. The van der Waals surface area contributed by atoms with E-state index in [4.69, 9.17) is 0 Å². The number of hydrogen-bond acceptors (Lipinski definition) is 1. The summed E-state index contributed by atoms with van der Waals surface area (Å²) in [6, 6.07) is 0. The minimum Gasteiger partial charge on any atom is -0.351 e. The molecule has 0 spiro atoms. The van der Waals surface area contributed by atoms with Gasteiger partial charge in [0.2, 0.25) is 0 Å². The highest BCUT2D eigenvalue weighted by atomic mass is 14.8. The number of H-pyrrole nitrogens is 1. The highest BCUT2D eigenvalue weighted by Gasteiger charge is 1.56. The van der Waals surface area contributed by atoms with E-state index < -0.39 is 0 Å². The molecule has 0 saturated heterocycles. The van der Waals surface area contributed by atoms with Gasteiger partial charge in [0.15, 0.2) is 0 Å². The molecule has 0 aliphatic carbocycles. The summed E-state index contributed by atoms with van der Waals surface area (Å²) in [5.74, 6) is 0. The summed E-state index contributed by atoms with van der Waals surface area (Å²) in [5, 5.41) is 0. The molecule has 0 unspecified atom stereocenters. The van der Waals surface area contributed by atoms with Gasteiger partial charge in [0.25, 0.3) is 0 Å². The van der Waals surface area contributed by atoms with Gasteiger partial charge in [-0.25, -0.2) is 4.98 Å². The zero-order chi connectivity index (χ0) is 3.54. The normalized spacial score (nSPS) is 6.67. The quantitative estimate of drug-likeness (QED) is 0.500. The van der Waals surface area contributed by atoms with Gasteiger partial charge in [0, 0.05) is 12.4 Å². The van der Waals surface area contributed by atoms with Crippen LogP contribution in [0, 0.1) is 0 Å². The lowest BCUT2D eigenvalue weighted by Gasteiger charge is -1.46. The van der Waals surface area contributed by atoms with Crippen molar-refractivity contribution in [3.8, 4) is 0 Å². The van der Waals surface area contributed by atoms with E-state index in [2.05, 4.69) is 9.97 Å². The van der Waals surface area contributed by atoms with Gasteiger partial charge in [0.05, 0.1) is 6.33 Å². The van der Waals surface area contributed by atoms with Crippen LogP contribution in [-0.4, -0.2) is 9.97 Å². The van der Waals surface area contributed by atoms with E-state index in [1.165, 1.54) is 0 Å². The van der Waals surface area contributed by atoms with Crippen LogP contribution in [0.5, 0.6) is 0 Å². The largest absolute Gasteiger partial charge is 0.351 e. The van der Waals surface area contributed by atoms with Gasteiger partial charge < -0.3 is 4.98 Å². The van der Waals surface area contributed by atoms with Gasteiger partial charge in [-0.1, -0.05) is 7.43 Å². The third-order valence-electron chi connectivity index (χ3n) is 0.406. The summed E-state index contributed by atoms with van der Waals surface area (Å²) < 4.78 is 0. The molecule has 2 heteroatoms. The average molecular weight is 84.1 g/mol. The fourth-order valence-electron chi connectivity index (χ4n) is 0.215. The van der Waals surface area contributed by atoms with Crippen molar-refractivity contribution in [1.82, 2.24) is 9.97 Å². The maximum Gasteiger partial charge on any atom is 0.0919 e. The van der Waals surface area contributed by atoms with Gasteiger partial charge in [-0.3, -0.25) is 0 Å². The molecule has 1 aromatic heterocycles. The lowest BCUT2D eigenvalue weighted by Crippen LogP contribution is -1.44. The first-order valence-corrected chi connectivity index (χ1v) is 1.43. The van der Waals surface area contributed by atoms with Crippen LogP contribution < -0.4 is 0 Å². The van der Waals surface area contributed by atoms with Crippen molar-refractivity contribution in [2.24, 2.45) is 0 Å². The molecular formula is C4H8N2. The summed E-state index contributed by atoms with van der Waals surface area (Å²) in [4.78, 5) is 6.42. The molecule has 1 rings (SSSR count). The van der Waals surface area contributed by atoms with E-state index in [-0.39, 0.29) is 7.43 Å². The number of aromatic nitrogens is 2. The molecule has 0 radical (unpaired) electrons. The van der Waals surface area contributed by atoms with Gasteiger partial charge in [0.1, 0.15) is 0 Å². The molecule has 6 heavy (non-hydrogen) atoms. The van der Waals surface area contributed by atoms with Crippen molar-refractivity contribution in [2.75, 3.05) is 0 Å². The van der Waals surface area contributed by atoms with Crippen LogP contribution in [-0.2, 0) is 0 Å². The predicted octanol–water partition coefficient (Wildman–Crippen LogP) is 1.05. The molecule has 34 valence electrons. The van der Waals surface area contributed by atoms with Crippen LogP contribution in [0.25, 0.3) is 0 Å². The average Bonchev–Trinajstić information content (AvgIpc) is 1.76. The molecule has 1 heterocycles. The standard InChI is InChI=1S/C3H4N2.CH4/c1-2-5-3-4-1;/h1-3H,(H,4,5);1H4. The first-order chi connectivity index (χ1) is 2.50. The maximum absolute atomic E-state index is 3.67. The van der Waals surface area contributed by atoms with Crippen LogP contribution in [0.1, 0.15) is 7.43 Å². The summed E-state index contributed by atoms with van der Waals surface area (Å²) in [6.45, 7) is 0. The molecule has 0 saturated carbocycles. The maximum atomic E-state index is 3.67. The van der Waals surface area contributed by atoms with Gasteiger partial charge >= 0.3 is 0 Å². The summed E-state index contributed by atoms with van der Waals surface area (Å²) >= 11 is 0. The third-order valence-corrected chi connectivity index (χ3v) is 0.406. The zero-order valence-electron chi connectivity index (χ0n) is 2.68. The second kappa shape index (κ2) is 2.45. The summed E-state index contributed by atoms with van der Waals surface area (Å²) in [6.07, 6.45) is 5.08. The van der Waals surface area contributed by atoms with E-state index >= 15 is 0 Å². The number of nitrogens with zero attached hydrogens (tertiary/aromatic N) is 1. The topological polar surface area (TPSA) is 28.7 Å². The molecule has 1 aromatic rings. The highest BCUT2D eigenvalue weighted by molar-refractivity contribution is 4.64. The molecule has 1 N–H and O–H groups in total. The van der Waals surface area contributed by atoms with E-state index in [1.54, 1.807) is 18.7 Å². The van der Waals surface area contributed by atoms with Crippen molar-refractivity contribution in [3.63, 3.8) is 0 Å². The Hall–Kier alpha value is -0.790. The molecule has 0 bridgehead atoms. The van der Waals surface area contributed by atoms with E-state index in [0.717, 1.165) is 0 Å². The molecule has 0 amide bonds. The van der Waals surface area contributed by atoms with Crippen LogP contribution >= 0.6 is 0 Å². The fourth-order valence-corrected chi connectivity index (χ4v) is 0.215. The lowest BCUT2D eigenvalue weighted by atomic mass is 11.0. The number of rotatable bonds is 0. The van der Waals surface area contributed by atoms with Crippen molar-refractivity contribution in [2.45, 2.75) is 7.43 Å². The minimum atomic E-state index is 0. The molecule has 0 aromatic carbocycles. The van der Waals surface area contributed by atoms with Crippen LogP contribution in [0.3, 0.4) is 0 Å². The number of imidazole rings is 1. The number of aromatic amines is 1. The molecular weight excluding hydrogens is 76.1 g/mol. The minimum absolute atomic E-state index is 0. The number of nitrogens with one attached hydrogen (secondary N) is 1. The fraction of sp³-hybridized carbons (Fsp3) is 0.250. The van der Waals surface area contributed by atoms with E-state index in [0.29, 0.717) is 0 Å². The van der Waals surface area contributed by atoms with Crippen LogP contribution in [0.15, 0.2) is 18.7 Å². The predicted molar refractivity (Wildman–Crippen MR) is 25.3 cm³/mol. The Morgan fingerprint density at radius 2 is 2.33 bits per heavy atom. The second-order valence-corrected chi connectivity index (χ2v) is 0.761. The Morgan fingerprint density at radius 1 is 1.50 bits per heavy atom. The Morgan fingerprint density at radius 3 is 2.50 bits per heavy atom. The van der Waals surface area contributed by atoms with Crippen molar-refractivity contribution < 1.29 is 0 Å². The zero-order valence-corrected chi connectivity index (χ0v) is 2.68. The van der Waals surface area contributed by atoms with Crippen LogP contribution in [0.4, 0.5) is 0 Å². The van der Waals surface area contributed by atoms with Gasteiger partial charge in [-0.05, 0) is 0 Å². The first-order valence-electron chi connectivity index (χ1n) is 1.43. The van der Waals surface area contributed by atoms with E-state index in [1.807, 2.05) is 0 Å². The Balaban J connectivity index is 0.000000250. The Bertz CT molecular complexity index is 62.0. The highest BCUT2D eigenvalue weighted by Crippen LogP contribution is 1.62. The van der Waals surface area contributed by atoms with Crippen molar-refractivity contribution in [1.29, 1.82) is 0 Å². The van der Waals surface area contributed by atoms with E-state index in [9.17, 15) is 0 Å². The first kappa shape index (κ1) is 5.21.